The van der Waals surface area contributed by atoms with Crippen LogP contribution in [0.25, 0.3) is 0 Å². The van der Waals surface area contributed by atoms with E-state index in [1.807, 2.05) is 6.92 Å². The van der Waals surface area contributed by atoms with Crippen LogP contribution in [-0.4, -0.2) is 27.4 Å². The third-order valence-corrected chi connectivity index (χ3v) is 3.80. The van der Waals surface area contributed by atoms with Crippen molar-refractivity contribution in [3.8, 4) is 0 Å². The SMILES string of the molecule is CCOCC1(CS(N)(=O)=O)CCCC1. The number of nitrogens with two attached hydrogens (primary N) is 1. The van der Waals surface area contributed by atoms with E-state index in [0.29, 0.717) is 13.2 Å². The summed E-state index contributed by atoms with van der Waals surface area (Å²) in [5.41, 5.74) is -0.205. The summed E-state index contributed by atoms with van der Waals surface area (Å²) >= 11 is 0. The molecule has 0 atom stereocenters. The fourth-order valence-electron chi connectivity index (χ4n) is 2.20. The largest absolute Gasteiger partial charge is 0.381 e. The molecule has 0 saturated heterocycles. The Morgan fingerprint density at radius 3 is 2.36 bits per heavy atom. The quantitative estimate of drug-likeness (QED) is 0.749. The van der Waals surface area contributed by atoms with Crippen LogP contribution in [0.5, 0.6) is 0 Å². The first-order valence-electron chi connectivity index (χ1n) is 5.06. The first kappa shape index (κ1) is 11.9. The predicted octanol–water partition coefficient (Wildman–Crippen LogP) is 0.872. The molecule has 1 fully saturated rings. The Kier molecular flexibility index (Phi) is 3.92. The summed E-state index contributed by atoms with van der Waals surface area (Å²) in [7, 11) is -3.38. The zero-order valence-corrected chi connectivity index (χ0v) is 9.48. The van der Waals surface area contributed by atoms with Gasteiger partial charge in [-0.15, -0.1) is 0 Å². The topological polar surface area (TPSA) is 69.4 Å². The molecule has 2 N–H and O–H groups in total. The van der Waals surface area contributed by atoms with Gasteiger partial charge in [-0.3, -0.25) is 0 Å². The van der Waals surface area contributed by atoms with Crippen molar-refractivity contribution in [2.45, 2.75) is 32.6 Å². The zero-order chi connectivity index (χ0) is 10.7. The molecule has 0 bridgehead atoms. The second kappa shape index (κ2) is 4.59. The summed E-state index contributed by atoms with van der Waals surface area (Å²) in [6, 6.07) is 0. The lowest BCUT2D eigenvalue weighted by atomic mass is 9.90. The van der Waals surface area contributed by atoms with E-state index in [4.69, 9.17) is 9.88 Å². The maximum Gasteiger partial charge on any atom is 0.209 e. The van der Waals surface area contributed by atoms with Crippen LogP contribution in [0, 0.1) is 5.41 Å². The molecule has 1 aliphatic rings. The number of hydrogen-bond acceptors (Lipinski definition) is 3. The Bertz CT molecular complexity index is 268. The molecule has 0 spiro atoms. The second-order valence-corrected chi connectivity index (χ2v) is 5.77. The highest BCUT2D eigenvalue weighted by Gasteiger charge is 2.37. The van der Waals surface area contributed by atoms with E-state index in [-0.39, 0.29) is 11.2 Å². The van der Waals surface area contributed by atoms with Crippen molar-refractivity contribution in [2.24, 2.45) is 10.6 Å². The van der Waals surface area contributed by atoms with Crippen molar-refractivity contribution in [1.29, 1.82) is 0 Å². The van der Waals surface area contributed by atoms with Gasteiger partial charge >= 0.3 is 0 Å². The van der Waals surface area contributed by atoms with E-state index >= 15 is 0 Å². The molecule has 0 aromatic rings. The van der Waals surface area contributed by atoms with Crippen molar-refractivity contribution in [2.75, 3.05) is 19.0 Å². The third kappa shape index (κ3) is 3.55. The zero-order valence-electron chi connectivity index (χ0n) is 8.66. The monoisotopic (exact) mass is 221 g/mol. The van der Waals surface area contributed by atoms with Crippen LogP contribution >= 0.6 is 0 Å². The summed E-state index contributed by atoms with van der Waals surface area (Å²) in [6.07, 6.45) is 4.01. The van der Waals surface area contributed by atoms with Crippen LogP contribution in [0.2, 0.25) is 0 Å². The molecule has 0 radical (unpaired) electrons. The second-order valence-electron chi connectivity index (χ2n) is 4.15. The highest BCUT2D eigenvalue weighted by molar-refractivity contribution is 7.89. The fraction of sp³-hybridized carbons (Fsp3) is 1.00. The van der Waals surface area contributed by atoms with Crippen LogP contribution in [0.1, 0.15) is 32.6 Å². The molecule has 4 nitrogen and oxygen atoms in total. The minimum absolute atomic E-state index is 0.0694. The van der Waals surface area contributed by atoms with E-state index in [2.05, 4.69) is 0 Å². The Balaban J connectivity index is 2.62. The van der Waals surface area contributed by atoms with Crippen LogP contribution in [-0.2, 0) is 14.8 Å². The van der Waals surface area contributed by atoms with Gasteiger partial charge in [-0.05, 0) is 19.8 Å². The fourth-order valence-corrected chi connectivity index (χ4v) is 3.43. The highest BCUT2D eigenvalue weighted by Crippen LogP contribution is 2.39. The van der Waals surface area contributed by atoms with Crippen LogP contribution in [0.3, 0.4) is 0 Å². The van der Waals surface area contributed by atoms with Gasteiger partial charge in [-0.25, -0.2) is 13.6 Å². The van der Waals surface area contributed by atoms with Gasteiger partial charge in [0.1, 0.15) is 0 Å². The normalized spacial score (nSPS) is 21.3. The van der Waals surface area contributed by atoms with E-state index < -0.39 is 10.0 Å². The molecule has 0 aromatic carbocycles. The number of ether oxygens (including phenoxy) is 1. The summed E-state index contributed by atoms with van der Waals surface area (Å²) in [5, 5.41) is 5.09. The third-order valence-electron chi connectivity index (χ3n) is 2.78. The smallest absolute Gasteiger partial charge is 0.209 e. The number of sulfonamides is 1. The van der Waals surface area contributed by atoms with Crippen LogP contribution in [0.4, 0.5) is 0 Å². The van der Waals surface area contributed by atoms with Gasteiger partial charge in [0.25, 0.3) is 0 Å². The molecule has 0 amide bonds. The van der Waals surface area contributed by atoms with Crippen molar-refractivity contribution >= 4 is 10.0 Å². The Morgan fingerprint density at radius 1 is 1.36 bits per heavy atom. The van der Waals surface area contributed by atoms with Gasteiger partial charge in [0.2, 0.25) is 10.0 Å². The van der Waals surface area contributed by atoms with Crippen molar-refractivity contribution < 1.29 is 13.2 Å². The minimum Gasteiger partial charge on any atom is -0.381 e. The maximum atomic E-state index is 11.1. The van der Waals surface area contributed by atoms with Gasteiger partial charge in [0, 0.05) is 12.0 Å². The van der Waals surface area contributed by atoms with Crippen LogP contribution in [0.15, 0.2) is 0 Å². The Hall–Kier alpha value is -0.130. The van der Waals surface area contributed by atoms with Crippen molar-refractivity contribution in [1.82, 2.24) is 0 Å². The lowest BCUT2D eigenvalue weighted by Gasteiger charge is -2.27. The highest BCUT2D eigenvalue weighted by atomic mass is 32.2. The molecule has 84 valence electrons. The Labute approximate surface area is 85.9 Å². The first-order chi connectivity index (χ1) is 6.47. The molecule has 1 saturated carbocycles. The van der Waals surface area contributed by atoms with E-state index in [1.54, 1.807) is 0 Å². The summed E-state index contributed by atoms with van der Waals surface area (Å²) in [6.45, 7) is 3.08. The molecule has 0 aromatic heterocycles. The predicted molar refractivity (Wildman–Crippen MR) is 55.4 cm³/mol. The summed E-state index contributed by atoms with van der Waals surface area (Å²) in [4.78, 5) is 0. The number of primary sulfonamides is 1. The van der Waals surface area contributed by atoms with Gasteiger partial charge < -0.3 is 4.74 Å². The van der Waals surface area contributed by atoms with E-state index in [9.17, 15) is 8.42 Å². The van der Waals surface area contributed by atoms with Gasteiger partial charge in [0.05, 0.1) is 12.4 Å². The lowest BCUT2D eigenvalue weighted by molar-refractivity contribution is 0.0662. The standard InChI is InChI=1S/C9H19NO3S/c1-2-13-7-9(5-3-4-6-9)8-14(10,11)12/h2-8H2,1H3,(H2,10,11,12). The van der Waals surface area contributed by atoms with Crippen molar-refractivity contribution in [3.05, 3.63) is 0 Å². The first-order valence-corrected chi connectivity index (χ1v) is 6.77. The van der Waals surface area contributed by atoms with Crippen LogP contribution < -0.4 is 5.14 Å². The average Bonchev–Trinajstić information content (AvgIpc) is 2.47. The lowest BCUT2D eigenvalue weighted by Crippen LogP contribution is -2.35. The van der Waals surface area contributed by atoms with Gasteiger partial charge in [0.15, 0.2) is 0 Å². The number of hydrogen-bond donors (Lipinski definition) is 1. The van der Waals surface area contributed by atoms with Gasteiger partial charge in [-0.2, -0.15) is 0 Å². The van der Waals surface area contributed by atoms with Gasteiger partial charge in [-0.1, -0.05) is 12.8 Å². The van der Waals surface area contributed by atoms with E-state index in [0.717, 1.165) is 25.7 Å². The molecule has 14 heavy (non-hydrogen) atoms. The Morgan fingerprint density at radius 2 is 1.93 bits per heavy atom. The molecule has 0 aliphatic heterocycles. The molecular formula is C9H19NO3S. The number of rotatable bonds is 5. The minimum atomic E-state index is -3.38. The molecule has 1 rings (SSSR count). The molecule has 1 aliphatic carbocycles. The average molecular weight is 221 g/mol. The van der Waals surface area contributed by atoms with Crippen molar-refractivity contribution in [3.63, 3.8) is 0 Å². The molecule has 0 unspecified atom stereocenters. The molecular weight excluding hydrogens is 202 g/mol. The maximum absolute atomic E-state index is 11.1. The summed E-state index contributed by atoms with van der Waals surface area (Å²) in [5.74, 6) is 0.0694. The summed E-state index contributed by atoms with van der Waals surface area (Å²) < 4.78 is 27.5. The molecule has 5 heteroatoms. The van der Waals surface area contributed by atoms with E-state index in [1.165, 1.54) is 0 Å². The molecule has 0 heterocycles.